The fourth-order valence-electron chi connectivity index (χ4n) is 5.63. The molecule has 1 aliphatic rings. The molecule has 8 nitrogen and oxygen atoms in total. The molecule has 3 heterocycles. The molecule has 1 atom stereocenters. The van der Waals surface area contributed by atoms with Crippen LogP contribution in [-0.4, -0.2) is 56.3 Å². The van der Waals surface area contributed by atoms with Gasteiger partial charge in [0.15, 0.2) is 5.82 Å². The zero-order valence-electron chi connectivity index (χ0n) is 22.7. The minimum atomic E-state index is -0.422. The lowest BCUT2D eigenvalue weighted by Gasteiger charge is -2.39. The van der Waals surface area contributed by atoms with Gasteiger partial charge in [0.2, 0.25) is 0 Å². The molecular weight excluding hydrogens is 505 g/mol. The Hall–Kier alpha value is -4.37. The van der Waals surface area contributed by atoms with Crippen LogP contribution < -0.4 is 10.5 Å². The van der Waals surface area contributed by atoms with Crippen LogP contribution >= 0.6 is 0 Å². The van der Waals surface area contributed by atoms with E-state index < -0.39 is 6.04 Å². The fraction of sp³-hybridized carbons (Fsp3) is 0.290. The molecule has 0 bridgehead atoms. The van der Waals surface area contributed by atoms with Gasteiger partial charge in [0.25, 0.3) is 5.56 Å². The largest absolute Gasteiger partial charge is 0.369 e. The van der Waals surface area contributed by atoms with E-state index in [-0.39, 0.29) is 11.4 Å². The van der Waals surface area contributed by atoms with Gasteiger partial charge >= 0.3 is 0 Å². The molecular formula is C31H32FN7O. The topological polar surface area (TPSA) is 82.9 Å². The normalized spacial score (nSPS) is 15.0. The van der Waals surface area contributed by atoms with Gasteiger partial charge in [0.05, 0.1) is 5.52 Å². The number of nitrogens with zero attached hydrogens (tertiary/aromatic N) is 6. The molecule has 0 unspecified atom stereocenters. The van der Waals surface area contributed by atoms with Gasteiger partial charge in [-0.2, -0.15) is 0 Å². The van der Waals surface area contributed by atoms with E-state index in [0.29, 0.717) is 31.0 Å². The van der Waals surface area contributed by atoms with E-state index in [1.807, 2.05) is 54.1 Å². The third-order valence-electron chi connectivity index (χ3n) is 7.90. The van der Waals surface area contributed by atoms with Crippen LogP contribution in [0.15, 0.2) is 77.6 Å². The molecule has 0 amide bonds. The van der Waals surface area contributed by atoms with Crippen molar-refractivity contribution in [3.8, 4) is 0 Å². The van der Waals surface area contributed by atoms with Crippen molar-refractivity contribution in [2.45, 2.75) is 32.9 Å². The summed E-state index contributed by atoms with van der Waals surface area (Å²) in [6, 6.07) is 22.6. The maximum absolute atomic E-state index is 13.7. The molecule has 40 heavy (non-hydrogen) atoms. The number of piperazine rings is 1. The number of pyridine rings is 1. The van der Waals surface area contributed by atoms with E-state index in [4.69, 9.17) is 0 Å². The van der Waals surface area contributed by atoms with Crippen LogP contribution in [0, 0.1) is 19.7 Å². The summed E-state index contributed by atoms with van der Waals surface area (Å²) in [5.74, 6) is 0.409. The summed E-state index contributed by atoms with van der Waals surface area (Å²) in [6.45, 7) is 7.52. The summed E-state index contributed by atoms with van der Waals surface area (Å²) in [6.07, 6.45) is 0.774. The molecule has 1 saturated heterocycles. The van der Waals surface area contributed by atoms with E-state index in [0.717, 1.165) is 47.2 Å². The zero-order valence-corrected chi connectivity index (χ0v) is 22.7. The van der Waals surface area contributed by atoms with Crippen LogP contribution in [0.2, 0.25) is 0 Å². The maximum Gasteiger partial charge on any atom is 0.253 e. The standard InChI is InChI=1S/C31H32FN7O/c1-21-8-9-22(2)28-26(21)20-27(31(40)33-28)29(30-34-35-36-39(30)15-14-23-6-4-3-5-7-23)38-18-16-37(17-19-38)25-12-10-24(32)11-13-25/h3-13,20,29H,14-19H2,1-2H3,(H,33,40)/t29-/m1/s1. The number of hydrogen-bond donors (Lipinski definition) is 1. The second-order valence-electron chi connectivity index (χ2n) is 10.4. The number of H-pyrrole nitrogens is 1. The first-order valence-corrected chi connectivity index (χ1v) is 13.7. The molecule has 2 aromatic heterocycles. The van der Waals surface area contributed by atoms with Crippen molar-refractivity contribution in [2.75, 3.05) is 31.1 Å². The Kier molecular flexibility index (Phi) is 7.13. The van der Waals surface area contributed by atoms with Crippen molar-refractivity contribution in [3.05, 3.63) is 117 Å². The number of rotatable bonds is 7. The molecule has 1 fully saturated rings. The van der Waals surface area contributed by atoms with Crippen molar-refractivity contribution < 1.29 is 4.39 Å². The van der Waals surface area contributed by atoms with E-state index in [1.54, 1.807) is 0 Å². The molecule has 0 aliphatic carbocycles. The fourth-order valence-corrected chi connectivity index (χ4v) is 5.63. The second-order valence-corrected chi connectivity index (χ2v) is 10.4. The molecule has 0 spiro atoms. The summed E-state index contributed by atoms with van der Waals surface area (Å²) >= 11 is 0. The number of benzene rings is 3. The number of hydrogen-bond acceptors (Lipinski definition) is 6. The number of anilines is 1. The molecule has 1 aliphatic heterocycles. The monoisotopic (exact) mass is 537 g/mol. The average Bonchev–Trinajstić information content (AvgIpc) is 3.44. The van der Waals surface area contributed by atoms with Crippen molar-refractivity contribution >= 4 is 16.6 Å². The molecule has 0 saturated carbocycles. The van der Waals surface area contributed by atoms with Gasteiger partial charge in [-0.3, -0.25) is 9.69 Å². The number of nitrogens with one attached hydrogen (secondary N) is 1. The Morgan fingerprint density at radius 1 is 0.925 bits per heavy atom. The highest BCUT2D eigenvalue weighted by Gasteiger charge is 2.33. The quantitative estimate of drug-likeness (QED) is 0.331. The zero-order chi connectivity index (χ0) is 27.6. The van der Waals surface area contributed by atoms with Crippen LogP contribution in [0.4, 0.5) is 10.1 Å². The van der Waals surface area contributed by atoms with Crippen LogP contribution in [0.3, 0.4) is 0 Å². The highest BCUT2D eigenvalue weighted by atomic mass is 19.1. The van der Waals surface area contributed by atoms with Crippen molar-refractivity contribution in [1.29, 1.82) is 0 Å². The van der Waals surface area contributed by atoms with E-state index >= 15 is 0 Å². The lowest BCUT2D eigenvalue weighted by Crippen LogP contribution is -2.49. The number of aromatic nitrogens is 5. The van der Waals surface area contributed by atoms with Crippen molar-refractivity contribution in [3.63, 3.8) is 0 Å². The predicted molar refractivity (Wildman–Crippen MR) is 154 cm³/mol. The predicted octanol–water partition coefficient (Wildman–Crippen LogP) is 4.42. The maximum atomic E-state index is 13.7. The Morgan fingerprint density at radius 2 is 1.65 bits per heavy atom. The third-order valence-corrected chi connectivity index (χ3v) is 7.90. The first kappa shape index (κ1) is 25.9. The Morgan fingerprint density at radius 3 is 2.40 bits per heavy atom. The summed E-state index contributed by atoms with van der Waals surface area (Å²) in [7, 11) is 0. The molecule has 3 aromatic carbocycles. The summed E-state index contributed by atoms with van der Waals surface area (Å²) in [5, 5.41) is 13.9. The Labute approximate surface area is 232 Å². The molecule has 9 heteroatoms. The first-order valence-electron chi connectivity index (χ1n) is 13.7. The van der Waals surface area contributed by atoms with Gasteiger partial charge in [-0.05, 0) is 77.7 Å². The van der Waals surface area contributed by atoms with E-state index in [2.05, 4.69) is 55.4 Å². The molecule has 204 valence electrons. The number of halogens is 1. The highest BCUT2D eigenvalue weighted by Crippen LogP contribution is 2.30. The Bertz CT molecular complexity index is 1670. The van der Waals surface area contributed by atoms with E-state index in [1.165, 1.54) is 17.7 Å². The van der Waals surface area contributed by atoms with Gasteiger partial charge in [0, 0.05) is 49.4 Å². The number of tetrazole rings is 1. The van der Waals surface area contributed by atoms with Crippen molar-refractivity contribution in [1.82, 2.24) is 30.1 Å². The van der Waals surface area contributed by atoms with Crippen LogP contribution in [0.5, 0.6) is 0 Å². The smallest absolute Gasteiger partial charge is 0.253 e. The molecule has 1 N–H and O–H groups in total. The van der Waals surface area contributed by atoms with Gasteiger partial charge in [-0.1, -0.05) is 42.5 Å². The minimum Gasteiger partial charge on any atom is -0.369 e. The molecule has 6 rings (SSSR count). The SMILES string of the molecule is Cc1ccc(C)c2[nH]c(=O)c([C@H](c3nnnn3CCc3ccccc3)N3CCN(c4ccc(F)cc4)CC3)cc12. The Balaban J connectivity index is 1.37. The van der Waals surface area contributed by atoms with Gasteiger partial charge in [-0.25, -0.2) is 9.07 Å². The highest BCUT2D eigenvalue weighted by molar-refractivity contribution is 5.85. The lowest BCUT2D eigenvalue weighted by atomic mass is 9.99. The van der Waals surface area contributed by atoms with E-state index in [9.17, 15) is 9.18 Å². The average molecular weight is 538 g/mol. The summed E-state index contributed by atoms with van der Waals surface area (Å²) in [5.41, 5.74) is 5.67. The third kappa shape index (κ3) is 5.12. The van der Waals surface area contributed by atoms with Gasteiger partial charge in [-0.15, -0.1) is 5.10 Å². The molecule has 0 radical (unpaired) electrons. The summed E-state index contributed by atoms with van der Waals surface area (Å²) in [4.78, 5) is 21.4. The number of aromatic amines is 1. The second kappa shape index (κ2) is 11.0. The first-order chi connectivity index (χ1) is 19.5. The minimum absolute atomic E-state index is 0.134. The van der Waals surface area contributed by atoms with Crippen LogP contribution in [0.1, 0.15) is 34.1 Å². The van der Waals surface area contributed by atoms with Gasteiger partial charge < -0.3 is 9.88 Å². The van der Waals surface area contributed by atoms with Crippen LogP contribution in [0.25, 0.3) is 10.9 Å². The number of fused-ring (bicyclic) bond motifs is 1. The van der Waals surface area contributed by atoms with Crippen LogP contribution in [-0.2, 0) is 13.0 Å². The number of aryl methyl sites for hydroxylation is 4. The van der Waals surface area contributed by atoms with Crippen molar-refractivity contribution in [2.24, 2.45) is 0 Å². The van der Waals surface area contributed by atoms with Gasteiger partial charge in [0.1, 0.15) is 11.9 Å². The summed E-state index contributed by atoms with van der Waals surface area (Å²) < 4.78 is 15.3. The lowest BCUT2D eigenvalue weighted by molar-refractivity contribution is 0.199. The molecule has 5 aromatic rings.